The molecule has 3 aromatic rings. The van der Waals surface area contributed by atoms with Gasteiger partial charge in [0.25, 0.3) is 0 Å². The maximum atomic E-state index is 12.9. The predicted molar refractivity (Wildman–Crippen MR) is 94.5 cm³/mol. The number of benzene rings is 2. The van der Waals surface area contributed by atoms with Crippen LogP contribution in [0.2, 0.25) is 0 Å². The highest BCUT2D eigenvalue weighted by Crippen LogP contribution is 2.24. The Morgan fingerprint density at radius 2 is 1.87 bits per heavy atom. The highest BCUT2D eigenvalue weighted by molar-refractivity contribution is 7.14. The summed E-state index contributed by atoms with van der Waals surface area (Å²) in [7, 11) is 0. The van der Waals surface area contributed by atoms with Gasteiger partial charge in [0.2, 0.25) is 5.13 Å². The Kier molecular flexibility index (Phi) is 4.78. The van der Waals surface area contributed by atoms with Crippen molar-refractivity contribution in [2.24, 2.45) is 5.10 Å². The highest BCUT2D eigenvalue weighted by atomic mass is 32.1. The number of aromatic nitrogens is 1. The highest BCUT2D eigenvalue weighted by Gasteiger charge is 2.03. The number of hydrazone groups is 1. The molecule has 0 atom stereocenters. The van der Waals surface area contributed by atoms with Crippen molar-refractivity contribution in [3.63, 3.8) is 0 Å². The smallest absolute Gasteiger partial charge is 0.203 e. The molecule has 1 N–H and O–H groups in total. The zero-order valence-corrected chi connectivity index (χ0v) is 13.5. The van der Waals surface area contributed by atoms with Crippen molar-refractivity contribution in [1.82, 2.24) is 4.98 Å². The van der Waals surface area contributed by atoms with E-state index in [0.29, 0.717) is 5.13 Å². The summed E-state index contributed by atoms with van der Waals surface area (Å²) in [5, 5.41) is 6.82. The molecule has 0 bridgehead atoms. The Hall–Kier alpha value is -2.53. The van der Waals surface area contributed by atoms with E-state index in [2.05, 4.69) is 34.6 Å². The summed E-state index contributed by atoms with van der Waals surface area (Å²) in [6, 6.07) is 14.6. The van der Waals surface area contributed by atoms with Gasteiger partial charge in [-0.05, 0) is 41.8 Å². The fraction of sp³-hybridized carbons (Fsp3) is 0.111. The van der Waals surface area contributed by atoms with Crippen LogP contribution in [0.15, 0.2) is 59.0 Å². The number of hydrogen-bond acceptors (Lipinski definition) is 4. The largest absolute Gasteiger partial charge is 0.253 e. The molecule has 2 aromatic carbocycles. The molecule has 0 spiro atoms. The topological polar surface area (TPSA) is 37.3 Å². The molecule has 0 aliphatic heterocycles. The number of thiazole rings is 1. The lowest BCUT2D eigenvalue weighted by atomic mass is 10.1. The van der Waals surface area contributed by atoms with Crippen molar-refractivity contribution in [2.45, 2.75) is 13.3 Å². The first-order chi connectivity index (χ1) is 11.2. The Morgan fingerprint density at radius 3 is 2.57 bits per heavy atom. The molecule has 0 aliphatic rings. The van der Waals surface area contributed by atoms with Gasteiger partial charge in [0.05, 0.1) is 11.9 Å². The van der Waals surface area contributed by atoms with E-state index in [1.807, 2.05) is 17.5 Å². The molecule has 0 fully saturated rings. The monoisotopic (exact) mass is 325 g/mol. The van der Waals surface area contributed by atoms with Gasteiger partial charge in [-0.1, -0.05) is 31.2 Å². The second kappa shape index (κ2) is 7.15. The molecule has 3 rings (SSSR count). The van der Waals surface area contributed by atoms with Gasteiger partial charge in [0.1, 0.15) is 5.82 Å². The summed E-state index contributed by atoms with van der Waals surface area (Å²) >= 11 is 1.46. The van der Waals surface area contributed by atoms with Crippen LogP contribution in [0.25, 0.3) is 11.3 Å². The van der Waals surface area contributed by atoms with Gasteiger partial charge in [0, 0.05) is 10.9 Å². The zero-order valence-electron chi connectivity index (χ0n) is 12.7. The minimum Gasteiger partial charge on any atom is -0.253 e. The van der Waals surface area contributed by atoms with Crippen LogP contribution >= 0.6 is 11.3 Å². The van der Waals surface area contributed by atoms with E-state index < -0.39 is 0 Å². The molecule has 1 heterocycles. The maximum absolute atomic E-state index is 12.9. The predicted octanol–water partition coefficient (Wildman–Crippen LogP) is 4.96. The van der Waals surface area contributed by atoms with Crippen LogP contribution in [-0.2, 0) is 6.42 Å². The first kappa shape index (κ1) is 15.4. The summed E-state index contributed by atoms with van der Waals surface area (Å²) < 4.78 is 12.9. The molecule has 1 aromatic heterocycles. The molecule has 116 valence electrons. The molecule has 0 aliphatic carbocycles. The van der Waals surface area contributed by atoms with Crippen LogP contribution in [0.1, 0.15) is 18.1 Å². The van der Waals surface area contributed by atoms with Crippen molar-refractivity contribution in [1.29, 1.82) is 0 Å². The van der Waals surface area contributed by atoms with E-state index >= 15 is 0 Å². The van der Waals surface area contributed by atoms with Gasteiger partial charge in [0.15, 0.2) is 0 Å². The third-order valence-electron chi connectivity index (χ3n) is 3.41. The Labute approximate surface area is 138 Å². The van der Waals surface area contributed by atoms with Crippen LogP contribution in [0.3, 0.4) is 0 Å². The van der Waals surface area contributed by atoms with Crippen LogP contribution in [0.5, 0.6) is 0 Å². The number of nitrogens with one attached hydrogen (secondary N) is 1. The lowest BCUT2D eigenvalue weighted by Gasteiger charge is -1.98. The quantitative estimate of drug-likeness (QED) is 0.532. The van der Waals surface area contributed by atoms with E-state index in [9.17, 15) is 4.39 Å². The lowest BCUT2D eigenvalue weighted by Crippen LogP contribution is -1.90. The molecule has 0 unspecified atom stereocenters. The maximum Gasteiger partial charge on any atom is 0.203 e. The van der Waals surface area contributed by atoms with Crippen LogP contribution in [0, 0.1) is 5.82 Å². The van der Waals surface area contributed by atoms with Crippen LogP contribution in [0.4, 0.5) is 9.52 Å². The minimum absolute atomic E-state index is 0.249. The fourth-order valence-electron chi connectivity index (χ4n) is 2.08. The average molecular weight is 325 g/mol. The SMILES string of the molecule is CCc1ccc(/C=N/Nc2nc(-c3ccc(F)cc3)cs2)cc1. The molecule has 5 heteroatoms. The first-order valence-electron chi connectivity index (χ1n) is 7.34. The van der Waals surface area contributed by atoms with Crippen LogP contribution < -0.4 is 5.43 Å². The van der Waals surface area contributed by atoms with E-state index in [-0.39, 0.29) is 5.82 Å². The van der Waals surface area contributed by atoms with E-state index in [4.69, 9.17) is 0 Å². The standard InChI is InChI=1S/C18H16FN3S/c1-2-13-3-5-14(6-4-13)11-20-22-18-21-17(12-23-18)15-7-9-16(19)10-8-15/h3-12H,2H2,1H3,(H,21,22)/b20-11+. The van der Waals surface area contributed by atoms with Crippen LogP contribution in [-0.4, -0.2) is 11.2 Å². The van der Waals surface area contributed by atoms with Crippen molar-refractivity contribution < 1.29 is 4.39 Å². The molecule has 23 heavy (non-hydrogen) atoms. The zero-order chi connectivity index (χ0) is 16.1. The molecular formula is C18H16FN3S. The van der Waals surface area contributed by atoms with E-state index in [1.54, 1.807) is 18.3 Å². The average Bonchev–Trinajstić information content (AvgIpc) is 3.05. The summed E-state index contributed by atoms with van der Waals surface area (Å²) in [5.74, 6) is -0.249. The normalized spacial score (nSPS) is 11.0. The molecule has 0 amide bonds. The number of nitrogens with zero attached hydrogens (tertiary/aromatic N) is 2. The van der Waals surface area contributed by atoms with Gasteiger partial charge in [-0.3, -0.25) is 5.43 Å². The molecular weight excluding hydrogens is 309 g/mol. The molecule has 0 saturated carbocycles. The molecule has 0 saturated heterocycles. The third kappa shape index (κ3) is 4.02. The number of hydrogen-bond donors (Lipinski definition) is 1. The van der Waals surface area contributed by atoms with Crippen molar-refractivity contribution in [2.75, 3.05) is 5.43 Å². The number of rotatable bonds is 5. The lowest BCUT2D eigenvalue weighted by molar-refractivity contribution is 0.628. The van der Waals surface area contributed by atoms with E-state index in [0.717, 1.165) is 23.2 Å². The second-order valence-electron chi connectivity index (χ2n) is 5.01. The van der Waals surface area contributed by atoms with Gasteiger partial charge in [-0.2, -0.15) is 5.10 Å². The summed E-state index contributed by atoms with van der Waals surface area (Å²) in [6.45, 7) is 2.13. The summed E-state index contributed by atoms with van der Waals surface area (Å²) in [6.07, 6.45) is 2.79. The minimum atomic E-state index is -0.249. The van der Waals surface area contributed by atoms with E-state index in [1.165, 1.54) is 29.0 Å². The van der Waals surface area contributed by atoms with Crippen molar-refractivity contribution in [3.05, 3.63) is 70.9 Å². The van der Waals surface area contributed by atoms with Gasteiger partial charge >= 0.3 is 0 Å². The number of aryl methyl sites for hydroxylation is 1. The van der Waals surface area contributed by atoms with Gasteiger partial charge in [-0.25, -0.2) is 9.37 Å². The van der Waals surface area contributed by atoms with Gasteiger partial charge in [-0.15, -0.1) is 11.3 Å². The molecule has 0 radical (unpaired) electrons. The van der Waals surface area contributed by atoms with Crippen molar-refractivity contribution >= 4 is 22.7 Å². The Morgan fingerprint density at radius 1 is 1.13 bits per heavy atom. The third-order valence-corrected chi connectivity index (χ3v) is 4.15. The number of halogens is 1. The second-order valence-corrected chi connectivity index (χ2v) is 5.87. The summed E-state index contributed by atoms with van der Waals surface area (Å²) in [4.78, 5) is 4.44. The molecule has 3 nitrogen and oxygen atoms in total. The number of anilines is 1. The summed E-state index contributed by atoms with van der Waals surface area (Å²) in [5.41, 5.74) is 6.95. The Bertz CT molecular complexity index is 792. The first-order valence-corrected chi connectivity index (χ1v) is 8.22. The van der Waals surface area contributed by atoms with Gasteiger partial charge < -0.3 is 0 Å². The fourth-order valence-corrected chi connectivity index (χ4v) is 2.75. The Balaban J connectivity index is 1.64. The van der Waals surface area contributed by atoms with Crippen molar-refractivity contribution in [3.8, 4) is 11.3 Å².